The maximum absolute atomic E-state index is 11.8. The van der Waals surface area contributed by atoms with Crippen molar-refractivity contribution in [3.63, 3.8) is 0 Å². The summed E-state index contributed by atoms with van der Waals surface area (Å²) in [7, 11) is -4.10. The number of para-hydroxylation sites is 1. The van der Waals surface area contributed by atoms with Gasteiger partial charge in [0.2, 0.25) is 15.0 Å². The molecule has 22 heavy (non-hydrogen) atoms. The summed E-state index contributed by atoms with van der Waals surface area (Å²) in [5, 5.41) is -1.05. The lowest BCUT2D eigenvalue weighted by molar-refractivity contribution is -0.116. The van der Waals surface area contributed by atoms with E-state index < -0.39 is 26.6 Å². The number of hydrogen-bond donors (Lipinski definition) is 0. The van der Waals surface area contributed by atoms with E-state index in [4.69, 9.17) is 6.42 Å². The fourth-order valence-electron chi connectivity index (χ4n) is 1.75. The maximum Gasteiger partial charge on any atom is 0.264 e. The van der Waals surface area contributed by atoms with Gasteiger partial charge >= 0.3 is 0 Å². The number of amides is 1. The molecule has 0 unspecified atom stereocenters. The molecular formula is C14H12N2O4S2. The van der Waals surface area contributed by atoms with E-state index >= 15 is 0 Å². The molecule has 1 heterocycles. The summed E-state index contributed by atoms with van der Waals surface area (Å²) in [6, 6.07) is 7.35. The molecule has 2 aromatic rings. The molecule has 0 atom stereocenters. The van der Waals surface area contributed by atoms with Crippen molar-refractivity contribution >= 4 is 42.4 Å². The van der Waals surface area contributed by atoms with Gasteiger partial charge in [-0.15, -0.1) is 6.42 Å². The third kappa shape index (κ3) is 3.32. The third-order valence-electron chi connectivity index (χ3n) is 2.81. The molecule has 0 saturated heterocycles. The van der Waals surface area contributed by atoms with Crippen LogP contribution in [0.4, 0.5) is 0 Å². The van der Waals surface area contributed by atoms with Crippen LogP contribution in [0.1, 0.15) is 6.92 Å². The van der Waals surface area contributed by atoms with Gasteiger partial charge in [-0.25, -0.2) is 8.42 Å². The Balaban J connectivity index is 2.50. The first-order valence-electron chi connectivity index (χ1n) is 6.18. The SMILES string of the molecule is C#CCn1c(=NC(=O)CS(=O)(=O)C(C)=O)sc2ccccc21. The molecule has 0 aliphatic carbocycles. The van der Waals surface area contributed by atoms with Gasteiger partial charge in [-0.1, -0.05) is 29.4 Å². The quantitative estimate of drug-likeness (QED) is 0.773. The highest BCUT2D eigenvalue weighted by Gasteiger charge is 2.21. The number of fused-ring (bicyclic) bond motifs is 1. The molecule has 0 spiro atoms. The summed E-state index contributed by atoms with van der Waals surface area (Å²) < 4.78 is 25.4. The van der Waals surface area contributed by atoms with Crippen molar-refractivity contribution in [3.05, 3.63) is 29.1 Å². The van der Waals surface area contributed by atoms with Gasteiger partial charge in [0, 0.05) is 6.92 Å². The highest BCUT2D eigenvalue weighted by atomic mass is 32.2. The second-order valence-electron chi connectivity index (χ2n) is 4.40. The zero-order valence-electron chi connectivity index (χ0n) is 11.6. The number of hydrogen-bond acceptors (Lipinski definition) is 5. The number of sulfone groups is 1. The van der Waals surface area contributed by atoms with E-state index in [1.807, 2.05) is 24.3 Å². The van der Waals surface area contributed by atoms with E-state index in [1.165, 1.54) is 11.3 Å². The van der Waals surface area contributed by atoms with Gasteiger partial charge in [0.05, 0.1) is 16.8 Å². The van der Waals surface area contributed by atoms with E-state index in [2.05, 4.69) is 10.9 Å². The second kappa shape index (κ2) is 6.25. The van der Waals surface area contributed by atoms with Crippen LogP contribution in [0.15, 0.2) is 29.3 Å². The first-order valence-corrected chi connectivity index (χ1v) is 8.65. The molecule has 6 nitrogen and oxygen atoms in total. The molecule has 0 saturated carbocycles. The van der Waals surface area contributed by atoms with E-state index in [-0.39, 0.29) is 6.54 Å². The van der Waals surface area contributed by atoms with Crippen molar-refractivity contribution in [2.45, 2.75) is 13.5 Å². The molecular weight excluding hydrogens is 324 g/mol. The number of carbonyl (C=O) groups is 2. The Kier molecular flexibility index (Phi) is 4.59. The van der Waals surface area contributed by atoms with Crippen LogP contribution in [-0.4, -0.2) is 29.8 Å². The van der Waals surface area contributed by atoms with Crippen molar-refractivity contribution in [2.75, 3.05) is 5.75 Å². The van der Waals surface area contributed by atoms with Gasteiger partial charge in [-0.3, -0.25) is 9.59 Å². The topological polar surface area (TPSA) is 85.6 Å². The average molecular weight is 336 g/mol. The number of terminal acetylenes is 1. The monoisotopic (exact) mass is 336 g/mol. The minimum atomic E-state index is -4.10. The van der Waals surface area contributed by atoms with E-state index in [9.17, 15) is 18.0 Å². The first-order chi connectivity index (χ1) is 10.3. The molecule has 0 radical (unpaired) electrons. The lowest BCUT2D eigenvalue weighted by Crippen LogP contribution is -2.23. The highest BCUT2D eigenvalue weighted by molar-refractivity contribution is 8.06. The zero-order valence-corrected chi connectivity index (χ0v) is 13.3. The summed E-state index contributed by atoms with van der Waals surface area (Å²) in [6.07, 6.45) is 5.32. The van der Waals surface area contributed by atoms with Crippen LogP contribution in [0.25, 0.3) is 10.2 Å². The van der Waals surface area contributed by atoms with Gasteiger partial charge in [-0.2, -0.15) is 4.99 Å². The molecule has 0 aliphatic heterocycles. The molecule has 0 N–H and O–H groups in total. The molecule has 8 heteroatoms. The molecule has 0 fully saturated rings. The Morgan fingerprint density at radius 3 is 2.68 bits per heavy atom. The largest absolute Gasteiger partial charge is 0.305 e. The fraction of sp³-hybridized carbons (Fsp3) is 0.214. The molecule has 1 amide bonds. The van der Waals surface area contributed by atoms with Crippen LogP contribution < -0.4 is 4.80 Å². The summed E-state index contributed by atoms with van der Waals surface area (Å²) in [5.74, 6) is 0.635. The van der Waals surface area contributed by atoms with Crippen LogP contribution in [0.3, 0.4) is 0 Å². The Labute approximate surface area is 131 Å². The molecule has 0 bridgehead atoms. The lowest BCUT2D eigenvalue weighted by atomic mass is 10.3. The number of aromatic nitrogens is 1. The Morgan fingerprint density at radius 1 is 1.36 bits per heavy atom. The second-order valence-corrected chi connectivity index (χ2v) is 7.50. The highest BCUT2D eigenvalue weighted by Crippen LogP contribution is 2.16. The lowest BCUT2D eigenvalue weighted by Gasteiger charge is -1.99. The molecule has 1 aromatic heterocycles. The van der Waals surface area contributed by atoms with Gasteiger partial charge in [0.25, 0.3) is 5.91 Å². The third-order valence-corrected chi connectivity index (χ3v) is 5.37. The van der Waals surface area contributed by atoms with Crippen LogP contribution in [0.5, 0.6) is 0 Å². The van der Waals surface area contributed by atoms with Crippen LogP contribution in [0, 0.1) is 12.3 Å². The van der Waals surface area contributed by atoms with E-state index in [1.54, 1.807) is 4.57 Å². The van der Waals surface area contributed by atoms with Gasteiger partial charge in [0.1, 0.15) is 5.75 Å². The van der Waals surface area contributed by atoms with Crippen molar-refractivity contribution < 1.29 is 18.0 Å². The maximum atomic E-state index is 11.8. The number of benzene rings is 1. The van der Waals surface area contributed by atoms with Crippen LogP contribution in [-0.2, 0) is 26.0 Å². The molecule has 0 aliphatic rings. The van der Waals surface area contributed by atoms with Crippen molar-refractivity contribution in [3.8, 4) is 12.3 Å². The summed E-state index contributed by atoms with van der Waals surface area (Å²) >= 11 is 1.23. The average Bonchev–Trinajstić information content (AvgIpc) is 2.76. The molecule has 1 aromatic carbocycles. The van der Waals surface area contributed by atoms with Gasteiger partial charge in [-0.05, 0) is 12.1 Å². The Bertz CT molecular complexity index is 959. The summed E-state index contributed by atoms with van der Waals surface area (Å²) in [4.78, 5) is 26.9. The first kappa shape index (κ1) is 16.1. The number of nitrogens with zero attached hydrogens (tertiary/aromatic N) is 2. The predicted octanol–water partition coefficient (Wildman–Crippen LogP) is 0.725. The van der Waals surface area contributed by atoms with Crippen molar-refractivity contribution in [1.82, 2.24) is 4.57 Å². The van der Waals surface area contributed by atoms with Gasteiger partial charge < -0.3 is 4.57 Å². The molecule has 114 valence electrons. The van der Waals surface area contributed by atoms with Gasteiger partial charge in [0.15, 0.2) is 4.80 Å². The minimum absolute atomic E-state index is 0.204. The number of carbonyl (C=O) groups excluding carboxylic acids is 2. The van der Waals surface area contributed by atoms with Crippen molar-refractivity contribution in [1.29, 1.82) is 0 Å². The molecule has 2 rings (SSSR count). The fourth-order valence-corrected chi connectivity index (χ4v) is 3.39. The predicted molar refractivity (Wildman–Crippen MR) is 83.7 cm³/mol. The Morgan fingerprint density at radius 2 is 2.05 bits per heavy atom. The smallest absolute Gasteiger partial charge is 0.264 e. The van der Waals surface area contributed by atoms with Crippen LogP contribution >= 0.6 is 11.3 Å². The normalized spacial score (nSPS) is 12.3. The number of rotatable bonds is 3. The van der Waals surface area contributed by atoms with Crippen molar-refractivity contribution in [2.24, 2.45) is 4.99 Å². The Hall–Kier alpha value is -2.24. The minimum Gasteiger partial charge on any atom is -0.305 e. The van der Waals surface area contributed by atoms with E-state index in [0.29, 0.717) is 4.80 Å². The standard InChI is InChI=1S/C14H12N2O4S2/c1-3-8-16-11-6-4-5-7-12(11)21-14(16)15-13(18)9-22(19,20)10(2)17/h1,4-7H,8-9H2,2H3. The zero-order chi connectivity index (χ0) is 16.3. The number of thiazole rings is 1. The van der Waals surface area contributed by atoms with E-state index in [0.717, 1.165) is 17.1 Å². The van der Waals surface area contributed by atoms with Crippen LogP contribution in [0.2, 0.25) is 0 Å². The summed E-state index contributed by atoms with van der Waals surface area (Å²) in [6.45, 7) is 1.11. The summed E-state index contributed by atoms with van der Waals surface area (Å²) in [5.41, 5.74) is 0.812.